The summed E-state index contributed by atoms with van der Waals surface area (Å²) < 4.78 is 18.7. The molecule has 0 aliphatic carbocycles. The van der Waals surface area contributed by atoms with Crippen molar-refractivity contribution in [2.24, 2.45) is 0 Å². The molecule has 1 unspecified atom stereocenters. The third-order valence-corrected chi connectivity index (χ3v) is 3.39. The van der Waals surface area contributed by atoms with Gasteiger partial charge in [-0.25, -0.2) is 4.39 Å². The van der Waals surface area contributed by atoms with Crippen molar-refractivity contribution in [2.45, 2.75) is 18.9 Å². The molecule has 3 heteroatoms. The van der Waals surface area contributed by atoms with Gasteiger partial charge in [-0.15, -0.1) is 0 Å². The van der Waals surface area contributed by atoms with Crippen molar-refractivity contribution in [1.82, 2.24) is 0 Å². The van der Waals surface area contributed by atoms with Crippen LogP contribution in [0.5, 0.6) is 5.75 Å². The molecule has 0 saturated carbocycles. The van der Waals surface area contributed by atoms with Crippen molar-refractivity contribution in [3.8, 4) is 5.75 Å². The van der Waals surface area contributed by atoms with E-state index in [2.05, 4.69) is 0 Å². The summed E-state index contributed by atoms with van der Waals surface area (Å²) in [7, 11) is 1.42. The molecule has 2 aromatic carbocycles. The number of halogens is 1. The molecular weight excluding hydrogens is 243 g/mol. The monoisotopic (exact) mass is 260 g/mol. The van der Waals surface area contributed by atoms with E-state index >= 15 is 0 Å². The lowest BCUT2D eigenvalue weighted by atomic mass is 9.84. The maximum Gasteiger partial charge on any atom is 0.165 e. The van der Waals surface area contributed by atoms with Crippen molar-refractivity contribution in [1.29, 1.82) is 0 Å². The van der Waals surface area contributed by atoms with E-state index in [9.17, 15) is 9.50 Å². The normalized spacial score (nSPS) is 13.9. The molecular formula is C16H17FO2. The Morgan fingerprint density at radius 3 is 2.32 bits per heavy atom. The fourth-order valence-corrected chi connectivity index (χ4v) is 2.21. The van der Waals surface area contributed by atoms with Gasteiger partial charge in [-0.3, -0.25) is 0 Å². The van der Waals surface area contributed by atoms with Gasteiger partial charge in [0, 0.05) is 0 Å². The van der Waals surface area contributed by atoms with Crippen LogP contribution in [0.3, 0.4) is 0 Å². The zero-order valence-corrected chi connectivity index (χ0v) is 11.1. The Labute approximate surface area is 112 Å². The third kappa shape index (κ3) is 2.47. The van der Waals surface area contributed by atoms with E-state index in [1.807, 2.05) is 37.3 Å². The highest BCUT2D eigenvalue weighted by Crippen LogP contribution is 2.34. The van der Waals surface area contributed by atoms with E-state index in [1.54, 1.807) is 6.07 Å². The Hall–Kier alpha value is -1.87. The Morgan fingerprint density at radius 2 is 1.79 bits per heavy atom. The van der Waals surface area contributed by atoms with Gasteiger partial charge in [0.15, 0.2) is 11.6 Å². The van der Waals surface area contributed by atoms with Crippen molar-refractivity contribution in [2.75, 3.05) is 7.11 Å². The Bertz CT molecular complexity index is 554. The standard InChI is InChI=1S/C16H17FO2/c1-3-16(18,12-7-5-4-6-8-12)13-9-10-15(19-2)14(17)11-13/h4-11,18H,3H2,1-2H3. The van der Waals surface area contributed by atoms with Crippen LogP contribution in [0.25, 0.3) is 0 Å². The van der Waals surface area contributed by atoms with Gasteiger partial charge in [-0.05, 0) is 29.7 Å². The quantitative estimate of drug-likeness (QED) is 0.912. The number of methoxy groups -OCH3 is 1. The molecule has 0 fully saturated rings. The van der Waals surface area contributed by atoms with E-state index in [-0.39, 0.29) is 5.75 Å². The first-order valence-electron chi connectivity index (χ1n) is 6.23. The second-order valence-electron chi connectivity index (χ2n) is 4.43. The molecule has 0 heterocycles. The van der Waals surface area contributed by atoms with Gasteiger partial charge >= 0.3 is 0 Å². The van der Waals surface area contributed by atoms with Crippen LogP contribution in [-0.4, -0.2) is 12.2 Å². The molecule has 0 bridgehead atoms. The number of hydrogen-bond donors (Lipinski definition) is 1. The fourth-order valence-electron chi connectivity index (χ4n) is 2.21. The van der Waals surface area contributed by atoms with Crippen LogP contribution in [0, 0.1) is 5.82 Å². The van der Waals surface area contributed by atoms with Crippen LogP contribution in [0.4, 0.5) is 4.39 Å². The highest BCUT2D eigenvalue weighted by Gasteiger charge is 2.30. The molecule has 0 saturated heterocycles. The van der Waals surface area contributed by atoms with Gasteiger partial charge in [0.05, 0.1) is 7.11 Å². The molecule has 2 nitrogen and oxygen atoms in total. The minimum absolute atomic E-state index is 0.176. The second kappa shape index (κ2) is 5.41. The average molecular weight is 260 g/mol. The summed E-state index contributed by atoms with van der Waals surface area (Å²) in [5.41, 5.74) is 0.0931. The second-order valence-corrected chi connectivity index (χ2v) is 4.43. The maximum absolute atomic E-state index is 13.8. The molecule has 0 aliphatic heterocycles. The molecule has 100 valence electrons. The molecule has 0 spiro atoms. The first kappa shape index (κ1) is 13.6. The van der Waals surface area contributed by atoms with E-state index in [1.165, 1.54) is 19.2 Å². The first-order chi connectivity index (χ1) is 9.11. The van der Waals surface area contributed by atoms with Crippen molar-refractivity contribution in [3.63, 3.8) is 0 Å². The highest BCUT2D eigenvalue weighted by atomic mass is 19.1. The zero-order valence-electron chi connectivity index (χ0n) is 11.1. The van der Waals surface area contributed by atoms with Crippen molar-refractivity contribution >= 4 is 0 Å². The molecule has 0 aliphatic rings. The summed E-state index contributed by atoms with van der Waals surface area (Å²) in [4.78, 5) is 0. The summed E-state index contributed by atoms with van der Waals surface area (Å²) >= 11 is 0. The summed E-state index contributed by atoms with van der Waals surface area (Å²) in [5.74, 6) is -0.293. The van der Waals surface area contributed by atoms with Gasteiger partial charge in [0.2, 0.25) is 0 Å². The lowest BCUT2D eigenvalue weighted by Crippen LogP contribution is -2.26. The van der Waals surface area contributed by atoms with Crippen molar-refractivity contribution < 1.29 is 14.2 Å². The summed E-state index contributed by atoms with van der Waals surface area (Å²) in [5, 5.41) is 10.8. The summed E-state index contributed by atoms with van der Waals surface area (Å²) in [6, 6.07) is 13.8. The van der Waals surface area contributed by atoms with E-state index < -0.39 is 11.4 Å². The summed E-state index contributed by atoms with van der Waals surface area (Å²) in [6.07, 6.45) is 0.461. The number of hydrogen-bond acceptors (Lipinski definition) is 2. The minimum Gasteiger partial charge on any atom is -0.494 e. The summed E-state index contributed by atoms with van der Waals surface area (Å²) in [6.45, 7) is 1.87. The molecule has 19 heavy (non-hydrogen) atoms. The molecule has 1 atom stereocenters. The lowest BCUT2D eigenvalue weighted by molar-refractivity contribution is 0.0761. The predicted octanol–water partition coefficient (Wildman–Crippen LogP) is 3.48. The van der Waals surface area contributed by atoms with E-state index in [0.29, 0.717) is 12.0 Å². The number of aliphatic hydroxyl groups is 1. The Balaban J connectivity index is 2.50. The van der Waals surface area contributed by atoms with Gasteiger partial charge < -0.3 is 9.84 Å². The maximum atomic E-state index is 13.8. The van der Waals surface area contributed by atoms with E-state index in [0.717, 1.165) is 5.56 Å². The van der Waals surface area contributed by atoms with Gasteiger partial charge in [-0.2, -0.15) is 0 Å². The average Bonchev–Trinajstić information content (AvgIpc) is 2.47. The molecule has 2 aromatic rings. The molecule has 0 radical (unpaired) electrons. The van der Waals surface area contributed by atoms with Crippen LogP contribution in [0.1, 0.15) is 24.5 Å². The molecule has 2 rings (SSSR count). The molecule has 0 aromatic heterocycles. The number of rotatable bonds is 4. The first-order valence-corrected chi connectivity index (χ1v) is 6.23. The van der Waals surface area contributed by atoms with Crippen LogP contribution in [0.2, 0.25) is 0 Å². The van der Waals surface area contributed by atoms with Crippen LogP contribution in [0.15, 0.2) is 48.5 Å². The largest absolute Gasteiger partial charge is 0.494 e. The lowest BCUT2D eigenvalue weighted by Gasteiger charge is -2.28. The number of benzene rings is 2. The predicted molar refractivity (Wildman–Crippen MR) is 72.7 cm³/mol. The fraction of sp³-hybridized carbons (Fsp3) is 0.250. The third-order valence-electron chi connectivity index (χ3n) is 3.39. The van der Waals surface area contributed by atoms with E-state index in [4.69, 9.17) is 4.74 Å². The van der Waals surface area contributed by atoms with Gasteiger partial charge in [0.25, 0.3) is 0 Å². The topological polar surface area (TPSA) is 29.5 Å². The Morgan fingerprint density at radius 1 is 1.11 bits per heavy atom. The molecule has 0 amide bonds. The van der Waals surface area contributed by atoms with Crippen LogP contribution in [-0.2, 0) is 5.60 Å². The van der Waals surface area contributed by atoms with Gasteiger partial charge in [0.1, 0.15) is 5.60 Å². The zero-order chi connectivity index (χ0) is 13.9. The van der Waals surface area contributed by atoms with Gasteiger partial charge in [-0.1, -0.05) is 43.3 Å². The SMILES string of the molecule is CCC(O)(c1ccccc1)c1ccc(OC)c(F)c1. The minimum atomic E-state index is -1.19. The van der Waals surface area contributed by atoms with Crippen molar-refractivity contribution in [3.05, 3.63) is 65.5 Å². The number of ether oxygens (including phenoxy) is 1. The van der Waals surface area contributed by atoms with Crippen LogP contribution >= 0.6 is 0 Å². The smallest absolute Gasteiger partial charge is 0.165 e. The molecule has 1 N–H and O–H groups in total. The van der Waals surface area contributed by atoms with Crippen LogP contribution < -0.4 is 4.74 Å². The Kier molecular flexibility index (Phi) is 3.86. The highest BCUT2D eigenvalue weighted by molar-refractivity contribution is 5.39.